The van der Waals surface area contributed by atoms with E-state index in [9.17, 15) is 14.7 Å². The Kier molecular flexibility index (Phi) is 5.65. The highest BCUT2D eigenvalue weighted by Crippen LogP contribution is 2.50. The summed E-state index contributed by atoms with van der Waals surface area (Å²) in [6.45, 7) is 4.09. The lowest BCUT2D eigenvalue weighted by Gasteiger charge is -2.15. The second-order valence-electron chi connectivity index (χ2n) is 4.63. The lowest BCUT2D eigenvalue weighted by Crippen LogP contribution is -2.01. The van der Waals surface area contributed by atoms with Gasteiger partial charge in [0.15, 0.2) is 0 Å². The van der Waals surface area contributed by atoms with E-state index >= 15 is 0 Å². The van der Waals surface area contributed by atoms with Crippen molar-refractivity contribution in [2.75, 3.05) is 13.2 Å². The third-order valence-electron chi connectivity index (χ3n) is 2.98. The van der Waals surface area contributed by atoms with Gasteiger partial charge in [-0.1, -0.05) is 0 Å². The Morgan fingerprint density at radius 2 is 1.78 bits per heavy atom. The van der Waals surface area contributed by atoms with Gasteiger partial charge in [0, 0.05) is 18.3 Å². The van der Waals surface area contributed by atoms with E-state index in [1.807, 2.05) is 0 Å². The van der Waals surface area contributed by atoms with Crippen molar-refractivity contribution in [2.24, 2.45) is 0 Å². The number of non-ortho nitro benzene ring substituents is 1. The Balaban J connectivity index is 2.16. The Bertz CT molecular complexity index is 703. The molecule has 23 heavy (non-hydrogen) atoms. The summed E-state index contributed by atoms with van der Waals surface area (Å²) in [5, 5.41) is 15.0. The van der Waals surface area contributed by atoms with E-state index < -0.39 is 12.5 Å². The van der Waals surface area contributed by atoms with Crippen molar-refractivity contribution in [3.8, 4) is 5.69 Å². The number of benzene rings is 1. The summed E-state index contributed by atoms with van der Waals surface area (Å²) >= 11 is 0. The van der Waals surface area contributed by atoms with Crippen molar-refractivity contribution in [1.29, 1.82) is 0 Å². The summed E-state index contributed by atoms with van der Waals surface area (Å²) in [5.41, 5.74) is 1.25. The highest BCUT2D eigenvalue weighted by atomic mass is 31.2. The summed E-state index contributed by atoms with van der Waals surface area (Å²) in [6, 6.07) is 7.72. The molecule has 9 heteroatoms. The molecule has 0 aliphatic carbocycles. The summed E-state index contributed by atoms with van der Waals surface area (Å²) in [7, 11) is -3.21. The molecule has 1 aromatic heterocycles. The Morgan fingerprint density at radius 3 is 2.30 bits per heavy atom. The van der Waals surface area contributed by atoms with Crippen LogP contribution in [0.2, 0.25) is 0 Å². The third-order valence-corrected chi connectivity index (χ3v) is 4.99. The van der Waals surface area contributed by atoms with E-state index in [1.165, 1.54) is 12.1 Å². The summed E-state index contributed by atoms with van der Waals surface area (Å²) in [6.07, 6.45) is 1.77. The van der Waals surface area contributed by atoms with Crippen molar-refractivity contribution in [3.63, 3.8) is 0 Å². The average Bonchev–Trinajstić information content (AvgIpc) is 2.95. The van der Waals surface area contributed by atoms with Gasteiger partial charge in [0.1, 0.15) is 0 Å². The van der Waals surface area contributed by atoms with Gasteiger partial charge in [-0.25, -0.2) is 4.68 Å². The number of nitrogens with zero attached hydrogens (tertiary/aromatic N) is 3. The second-order valence-corrected chi connectivity index (χ2v) is 6.68. The van der Waals surface area contributed by atoms with Crippen LogP contribution >= 0.6 is 7.60 Å². The molecule has 0 amide bonds. The maximum Gasteiger partial charge on any atom is 0.336 e. The third kappa shape index (κ3) is 4.48. The van der Waals surface area contributed by atoms with Crippen molar-refractivity contribution in [1.82, 2.24) is 9.78 Å². The van der Waals surface area contributed by atoms with Crippen LogP contribution in [0.15, 0.2) is 36.5 Å². The number of hydrogen-bond donors (Lipinski definition) is 0. The van der Waals surface area contributed by atoms with Crippen molar-refractivity contribution in [2.45, 2.75) is 20.0 Å². The van der Waals surface area contributed by atoms with Crippen LogP contribution in [-0.4, -0.2) is 27.9 Å². The Morgan fingerprint density at radius 1 is 1.17 bits per heavy atom. The topological polar surface area (TPSA) is 96.5 Å². The largest absolute Gasteiger partial charge is 0.336 e. The minimum Gasteiger partial charge on any atom is -0.309 e. The zero-order chi connectivity index (χ0) is 16.9. The molecule has 0 N–H and O–H groups in total. The second kappa shape index (κ2) is 7.50. The zero-order valence-corrected chi connectivity index (χ0v) is 13.8. The van der Waals surface area contributed by atoms with Crippen molar-refractivity contribution < 1.29 is 18.5 Å². The molecule has 8 nitrogen and oxygen atoms in total. The maximum absolute atomic E-state index is 12.5. The van der Waals surface area contributed by atoms with Gasteiger partial charge >= 0.3 is 7.60 Å². The molecule has 0 radical (unpaired) electrons. The van der Waals surface area contributed by atoms with Crippen LogP contribution in [0.5, 0.6) is 0 Å². The molecular weight excluding hydrogens is 321 g/mol. The van der Waals surface area contributed by atoms with Gasteiger partial charge in [0.2, 0.25) is 0 Å². The van der Waals surface area contributed by atoms with E-state index in [4.69, 9.17) is 9.05 Å². The van der Waals surface area contributed by atoms with Crippen LogP contribution in [0, 0.1) is 10.1 Å². The first kappa shape index (κ1) is 17.3. The summed E-state index contributed by atoms with van der Waals surface area (Å²) in [4.78, 5) is 10.2. The number of nitro benzene ring substituents is 1. The molecule has 0 aliphatic rings. The maximum atomic E-state index is 12.5. The minimum atomic E-state index is -3.21. The highest BCUT2D eigenvalue weighted by Gasteiger charge is 2.25. The molecule has 0 saturated carbocycles. The lowest BCUT2D eigenvalue weighted by atomic mass is 10.3. The Labute approximate surface area is 133 Å². The molecule has 0 atom stereocenters. The molecule has 2 rings (SSSR count). The van der Waals surface area contributed by atoms with E-state index in [2.05, 4.69) is 5.10 Å². The van der Waals surface area contributed by atoms with Crippen LogP contribution in [0.4, 0.5) is 5.69 Å². The van der Waals surface area contributed by atoms with E-state index in [0.29, 0.717) is 24.6 Å². The van der Waals surface area contributed by atoms with Gasteiger partial charge in [-0.05, 0) is 32.0 Å². The highest BCUT2D eigenvalue weighted by molar-refractivity contribution is 7.53. The zero-order valence-electron chi connectivity index (χ0n) is 12.9. The van der Waals surface area contributed by atoms with Gasteiger partial charge in [0.05, 0.1) is 35.7 Å². The van der Waals surface area contributed by atoms with Gasteiger partial charge in [0.25, 0.3) is 5.69 Å². The monoisotopic (exact) mass is 339 g/mol. The first-order valence-electron chi connectivity index (χ1n) is 7.15. The van der Waals surface area contributed by atoms with Gasteiger partial charge < -0.3 is 9.05 Å². The SMILES string of the molecule is CCOP(=O)(Cc1ccn(-c2ccc([N+](=O)[O-])cc2)n1)OCC. The summed E-state index contributed by atoms with van der Waals surface area (Å²) in [5.74, 6) is 0. The standard InChI is InChI=1S/C14H18N3O5P/c1-3-21-23(20,22-4-2)11-12-9-10-16(15-12)13-5-7-14(8-6-13)17(18)19/h5-10H,3-4,11H2,1-2H3. The van der Waals surface area contributed by atoms with E-state index in [-0.39, 0.29) is 11.8 Å². The summed E-state index contributed by atoms with van der Waals surface area (Å²) < 4.78 is 24.5. The molecule has 1 heterocycles. The smallest absolute Gasteiger partial charge is 0.309 e. The number of rotatable bonds is 8. The molecule has 0 fully saturated rings. The first-order chi connectivity index (χ1) is 11.0. The van der Waals surface area contributed by atoms with Gasteiger partial charge in [-0.3, -0.25) is 14.7 Å². The van der Waals surface area contributed by atoms with Gasteiger partial charge in [-0.15, -0.1) is 0 Å². The van der Waals surface area contributed by atoms with Crippen LogP contribution in [-0.2, 0) is 19.8 Å². The molecule has 124 valence electrons. The quantitative estimate of drug-likeness (QED) is 0.414. The van der Waals surface area contributed by atoms with Crippen molar-refractivity contribution >= 4 is 13.3 Å². The predicted molar refractivity (Wildman–Crippen MR) is 84.8 cm³/mol. The van der Waals surface area contributed by atoms with Crippen molar-refractivity contribution in [3.05, 3.63) is 52.3 Å². The fourth-order valence-electron chi connectivity index (χ4n) is 2.04. The molecule has 0 unspecified atom stereocenters. The van der Waals surface area contributed by atoms with Gasteiger partial charge in [-0.2, -0.15) is 5.10 Å². The molecular formula is C14H18N3O5P. The van der Waals surface area contributed by atoms with Crippen LogP contribution in [0.3, 0.4) is 0 Å². The molecule has 0 saturated heterocycles. The fourth-order valence-corrected chi connectivity index (χ4v) is 3.65. The lowest BCUT2D eigenvalue weighted by molar-refractivity contribution is -0.384. The number of nitro groups is 1. The molecule has 0 aliphatic heterocycles. The molecule has 0 spiro atoms. The molecule has 1 aromatic carbocycles. The fraction of sp³-hybridized carbons (Fsp3) is 0.357. The van der Waals surface area contributed by atoms with Crippen LogP contribution in [0.1, 0.15) is 19.5 Å². The number of aromatic nitrogens is 2. The van der Waals surface area contributed by atoms with E-state index in [0.717, 1.165) is 0 Å². The minimum absolute atomic E-state index is 0.0123. The van der Waals surface area contributed by atoms with Crippen LogP contribution in [0.25, 0.3) is 5.69 Å². The van der Waals surface area contributed by atoms with E-state index in [1.54, 1.807) is 42.9 Å². The predicted octanol–water partition coefficient (Wildman–Crippen LogP) is 3.55. The average molecular weight is 339 g/mol. The molecule has 2 aromatic rings. The first-order valence-corrected chi connectivity index (χ1v) is 8.87. The molecule has 0 bridgehead atoms. The van der Waals surface area contributed by atoms with Crippen LogP contribution < -0.4 is 0 Å². The number of hydrogen-bond acceptors (Lipinski definition) is 6. The normalized spacial score (nSPS) is 11.6. The Hall–Kier alpha value is -2.02.